The molecule has 2 nitrogen and oxygen atoms in total. The van der Waals surface area contributed by atoms with Gasteiger partial charge in [-0.1, -0.05) is 30.3 Å². The Bertz CT molecular complexity index is 612. The van der Waals surface area contributed by atoms with E-state index in [1.807, 2.05) is 23.1 Å². The van der Waals surface area contributed by atoms with Crippen LogP contribution in [0.4, 0.5) is 15.8 Å². The lowest BCUT2D eigenvalue weighted by atomic mass is 10.1. The predicted molar refractivity (Wildman–Crippen MR) is 78.7 cm³/mol. The van der Waals surface area contributed by atoms with Crippen molar-refractivity contribution in [3.63, 3.8) is 0 Å². The molecule has 104 valence electrons. The molecule has 2 aromatic carbocycles. The van der Waals surface area contributed by atoms with Gasteiger partial charge in [0.15, 0.2) is 0 Å². The first-order valence-electron chi connectivity index (χ1n) is 7.05. The fraction of sp³-hybridized carbons (Fsp3) is 0.294. The monoisotopic (exact) mass is 271 g/mol. The van der Waals surface area contributed by atoms with E-state index in [1.165, 1.54) is 11.6 Å². The van der Waals surface area contributed by atoms with Gasteiger partial charge >= 0.3 is 0 Å². The standard InChI is InChI=1S/C17H18FNO/c18-15-9-5-8-14(12-20)17(15)19-11-4-3-7-13-6-1-2-10-16(13)19/h1-2,5-6,8-10,20H,3-4,7,11-12H2. The summed E-state index contributed by atoms with van der Waals surface area (Å²) in [6, 6.07) is 13.0. The van der Waals surface area contributed by atoms with Crippen molar-refractivity contribution in [2.75, 3.05) is 11.4 Å². The zero-order chi connectivity index (χ0) is 13.9. The summed E-state index contributed by atoms with van der Waals surface area (Å²) in [5.74, 6) is -0.270. The van der Waals surface area contributed by atoms with E-state index in [0.29, 0.717) is 11.3 Å². The molecule has 3 heteroatoms. The minimum Gasteiger partial charge on any atom is -0.392 e. The van der Waals surface area contributed by atoms with Gasteiger partial charge in [0.2, 0.25) is 0 Å². The summed E-state index contributed by atoms with van der Waals surface area (Å²) in [4.78, 5) is 2.02. The van der Waals surface area contributed by atoms with Crippen LogP contribution in [0.15, 0.2) is 42.5 Å². The highest BCUT2D eigenvalue weighted by molar-refractivity contribution is 5.70. The summed E-state index contributed by atoms with van der Waals surface area (Å²) >= 11 is 0. The molecule has 0 fully saturated rings. The van der Waals surface area contributed by atoms with Gasteiger partial charge in [0.25, 0.3) is 0 Å². The van der Waals surface area contributed by atoms with Crippen molar-refractivity contribution in [3.8, 4) is 0 Å². The lowest BCUT2D eigenvalue weighted by Gasteiger charge is -2.27. The smallest absolute Gasteiger partial charge is 0.147 e. The van der Waals surface area contributed by atoms with E-state index in [4.69, 9.17) is 0 Å². The number of anilines is 2. The number of para-hydroxylation sites is 2. The summed E-state index contributed by atoms with van der Waals surface area (Å²) in [7, 11) is 0. The number of aliphatic hydroxyl groups excluding tert-OH is 1. The van der Waals surface area contributed by atoms with Gasteiger partial charge in [-0.05, 0) is 37.0 Å². The second-order valence-electron chi connectivity index (χ2n) is 5.14. The Balaban J connectivity index is 2.15. The van der Waals surface area contributed by atoms with Crippen molar-refractivity contribution in [1.82, 2.24) is 0 Å². The summed E-state index contributed by atoms with van der Waals surface area (Å²) < 4.78 is 14.3. The molecular weight excluding hydrogens is 253 g/mol. The number of aliphatic hydroxyl groups is 1. The summed E-state index contributed by atoms with van der Waals surface area (Å²) in [5.41, 5.74) is 3.47. The SMILES string of the molecule is OCc1cccc(F)c1N1CCCCc2ccccc21. The van der Waals surface area contributed by atoms with E-state index < -0.39 is 0 Å². The van der Waals surface area contributed by atoms with Crippen LogP contribution in [0.1, 0.15) is 24.0 Å². The highest BCUT2D eigenvalue weighted by Gasteiger charge is 2.21. The van der Waals surface area contributed by atoms with Crippen LogP contribution in [0.2, 0.25) is 0 Å². The highest BCUT2D eigenvalue weighted by Crippen LogP contribution is 2.36. The Morgan fingerprint density at radius 3 is 2.75 bits per heavy atom. The van der Waals surface area contributed by atoms with Gasteiger partial charge in [-0.25, -0.2) is 4.39 Å². The van der Waals surface area contributed by atoms with Crippen LogP contribution in [-0.4, -0.2) is 11.7 Å². The van der Waals surface area contributed by atoms with Gasteiger partial charge in [0.1, 0.15) is 5.82 Å². The maximum atomic E-state index is 14.3. The number of halogens is 1. The number of hydrogen-bond acceptors (Lipinski definition) is 2. The molecule has 1 aliphatic heterocycles. The van der Waals surface area contributed by atoms with Crippen LogP contribution >= 0.6 is 0 Å². The molecule has 0 aliphatic carbocycles. The van der Waals surface area contributed by atoms with E-state index in [1.54, 1.807) is 12.1 Å². The zero-order valence-electron chi connectivity index (χ0n) is 11.3. The Kier molecular flexibility index (Phi) is 3.70. The van der Waals surface area contributed by atoms with E-state index in [-0.39, 0.29) is 12.4 Å². The maximum absolute atomic E-state index is 14.3. The third-order valence-electron chi connectivity index (χ3n) is 3.87. The average molecular weight is 271 g/mol. The van der Waals surface area contributed by atoms with Crippen molar-refractivity contribution in [1.29, 1.82) is 0 Å². The van der Waals surface area contributed by atoms with Gasteiger partial charge in [-0.2, -0.15) is 0 Å². The Morgan fingerprint density at radius 1 is 1.05 bits per heavy atom. The number of benzene rings is 2. The Morgan fingerprint density at radius 2 is 1.90 bits per heavy atom. The van der Waals surface area contributed by atoms with Crippen molar-refractivity contribution in [3.05, 3.63) is 59.4 Å². The Labute approximate surface area is 118 Å². The second-order valence-corrected chi connectivity index (χ2v) is 5.14. The summed E-state index contributed by atoms with van der Waals surface area (Å²) in [6.07, 6.45) is 3.15. The van der Waals surface area contributed by atoms with Gasteiger partial charge in [0, 0.05) is 17.8 Å². The minimum atomic E-state index is -0.270. The van der Waals surface area contributed by atoms with Crippen LogP contribution in [-0.2, 0) is 13.0 Å². The lowest BCUT2D eigenvalue weighted by molar-refractivity contribution is 0.281. The third kappa shape index (κ3) is 2.29. The van der Waals surface area contributed by atoms with Crippen LogP contribution in [0.5, 0.6) is 0 Å². The van der Waals surface area contributed by atoms with Crippen molar-refractivity contribution in [2.24, 2.45) is 0 Å². The maximum Gasteiger partial charge on any atom is 0.147 e. The van der Waals surface area contributed by atoms with Crippen molar-refractivity contribution in [2.45, 2.75) is 25.9 Å². The van der Waals surface area contributed by atoms with E-state index >= 15 is 0 Å². The molecule has 0 saturated heterocycles. The number of rotatable bonds is 2. The summed E-state index contributed by atoms with van der Waals surface area (Å²) in [5, 5.41) is 9.50. The zero-order valence-corrected chi connectivity index (χ0v) is 11.3. The van der Waals surface area contributed by atoms with Crippen molar-refractivity contribution >= 4 is 11.4 Å². The van der Waals surface area contributed by atoms with Crippen LogP contribution in [0.25, 0.3) is 0 Å². The Hall–Kier alpha value is -1.87. The molecule has 0 bridgehead atoms. The lowest BCUT2D eigenvalue weighted by Crippen LogP contribution is -2.20. The first kappa shape index (κ1) is 13.1. The molecule has 1 aliphatic rings. The van der Waals surface area contributed by atoms with Gasteiger partial charge in [0.05, 0.1) is 12.3 Å². The molecule has 0 amide bonds. The summed E-state index contributed by atoms with van der Waals surface area (Å²) in [6.45, 7) is 0.636. The fourth-order valence-electron chi connectivity index (χ4n) is 2.91. The average Bonchev–Trinajstić information content (AvgIpc) is 2.69. The highest BCUT2D eigenvalue weighted by atomic mass is 19.1. The topological polar surface area (TPSA) is 23.5 Å². The largest absolute Gasteiger partial charge is 0.392 e. The normalized spacial score (nSPS) is 14.8. The van der Waals surface area contributed by atoms with Gasteiger partial charge in [-0.15, -0.1) is 0 Å². The number of nitrogens with zero attached hydrogens (tertiary/aromatic N) is 1. The number of fused-ring (bicyclic) bond motifs is 1. The molecular formula is C17H18FNO. The number of aryl methyl sites for hydroxylation is 1. The molecule has 0 radical (unpaired) electrons. The molecule has 0 saturated carbocycles. The van der Waals surface area contributed by atoms with Crippen LogP contribution in [0, 0.1) is 5.82 Å². The quantitative estimate of drug-likeness (QED) is 0.898. The molecule has 3 rings (SSSR count). The van der Waals surface area contributed by atoms with Crippen LogP contribution in [0.3, 0.4) is 0 Å². The van der Waals surface area contributed by atoms with Gasteiger partial charge < -0.3 is 10.0 Å². The predicted octanol–water partition coefficient (Wildman–Crippen LogP) is 3.79. The van der Waals surface area contributed by atoms with E-state index in [0.717, 1.165) is 31.5 Å². The molecule has 20 heavy (non-hydrogen) atoms. The molecule has 0 spiro atoms. The third-order valence-corrected chi connectivity index (χ3v) is 3.87. The van der Waals surface area contributed by atoms with Gasteiger partial charge in [-0.3, -0.25) is 0 Å². The molecule has 0 unspecified atom stereocenters. The number of hydrogen-bond donors (Lipinski definition) is 1. The van der Waals surface area contributed by atoms with Crippen molar-refractivity contribution < 1.29 is 9.50 Å². The van der Waals surface area contributed by atoms with Crippen LogP contribution < -0.4 is 4.90 Å². The van der Waals surface area contributed by atoms with E-state index in [9.17, 15) is 9.50 Å². The molecule has 0 aromatic heterocycles. The first-order valence-corrected chi connectivity index (χ1v) is 7.05. The molecule has 1 heterocycles. The molecule has 2 aromatic rings. The first-order chi connectivity index (χ1) is 9.81. The van der Waals surface area contributed by atoms with E-state index in [2.05, 4.69) is 6.07 Å². The molecule has 0 atom stereocenters. The second kappa shape index (κ2) is 5.63. The minimum absolute atomic E-state index is 0.147. The molecule has 1 N–H and O–H groups in total. The fourth-order valence-corrected chi connectivity index (χ4v) is 2.91.